The molecule has 1 aliphatic heterocycles. The Morgan fingerprint density at radius 1 is 0.840 bits per heavy atom. The first kappa shape index (κ1) is 32.7. The number of carbonyl (C=O) groups excluding carboxylic acids is 2. The van der Waals surface area contributed by atoms with Crippen LogP contribution in [0, 0.1) is 0 Å². The monoisotopic (exact) mass is 665 g/mol. The minimum atomic E-state index is -0.284. The van der Waals surface area contributed by atoms with E-state index in [0.29, 0.717) is 28.9 Å². The molecule has 0 atom stereocenters. The molecule has 2 heterocycles. The number of hydrogen-bond acceptors (Lipinski definition) is 7. The Kier molecular flexibility index (Phi) is 9.40. The predicted octanol–water partition coefficient (Wildman–Crippen LogP) is 7.55. The molecule has 0 spiro atoms. The summed E-state index contributed by atoms with van der Waals surface area (Å²) in [6.07, 6.45) is 4.09. The fraction of sp³-hybridized carbons (Fsp3) is 0.220. The summed E-state index contributed by atoms with van der Waals surface area (Å²) in [6, 6.07) is 31.4. The maximum absolute atomic E-state index is 13.4. The third-order valence-corrected chi connectivity index (χ3v) is 9.40. The highest BCUT2D eigenvalue weighted by Crippen LogP contribution is 2.33. The van der Waals surface area contributed by atoms with Crippen LogP contribution in [0.1, 0.15) is 50.8 Å². The second-order valence-electron chi connectivity index (χ2n) is 12.5. The van der Waals surface area contributed by atoms with E-state index < -0.39 is 0 Å². The highest BCUT2D eigenvalue weighted by Gasteiger charge is 2.20. The number of anilines is 1. The van der Waals surface area contributed by atoms with Crippen LogP contribution in [0.4, 0.5) is 5.69 Å². The summed E-state index contributed by atoms with van der Waals surface area (Å²) in [5, 5.41) is 13.8. The van der Waals surface area contributed by atoms with E-state index in [1.165, 1.54) is 16.7 Å². The van der Waals surface area contributed by atoms with Crippen molar-refractivity contribution in [2.24, 2.45) is 0 Å². The molecule has 0 saturated heterocycles. The molecule has 6 aromatic rings. The summed E-state index contributed by atoms with van der Waals surface area (Å²) in [4.78, 5) is 28.7. The Morgan fingerprint density at radius 3 is 2.36 bits per heavy atom. The van der Waals surface area contributed by atoms with E-state index in [1.54, 1.807) is 37.1 Å². The number of hydrogen-bond donors (Lipinski definition) is 1. The third-order valence-electron chi connectivity index (χ3n) is 9.40. The molecule has 9 heteroatoms. The van der Waals surface area contributed by atoms with Gasteiger partial charge in [-0.15, -0.1) is 5.10 Å². The Hall–Kier alpha value is -5.80. The zero-order valence-electron chi connectivity index (χ0n) is 28.5. The van der Waals surface area contributed by atoms with Crippen molar-refractivity contribution >= 4 is 28.2 Å². The summed E-state index contributed by atoms with van der Waals surface area (Å²) in [6.45, 7) is 4.66. The number of methoxy groups -OCH3 is 2. The largest absolute Gasteiger partial charge is 0.493 e. The van der Waals surface area contributed by atoms with Gasteiger partial charge in [0.05, 0.1) is 31.8 Å². The lowest BCUT2D eigenvalue weighted by Crippen LogP contribution is -2.32. The third kappa shape index (κ3) is 6.86. The number of Topliss-reactive ketones (excluding diaryl/α,β-unsaturated/α-hetero) is 1. The van der Waals surface area contributed by atoms with E-state index in [4.69, 9.17) is 9.47 Å². The Labute approximate surface area is 291 Å². The first-order valence-corrected chi connectivity index (χ1v) is 16.9. The molecule has 0 aliphatic carbocycles. The van der Waals surface area contributed by atoms with Gasteiger partial charge in [0.1, 0.15) is 5.69 Å². The standard InChI is InChI=1S/C41H39N5O4/c1-4-38(47)35-16-13-31(22-36(35)42-41(48)32-12-11-28-7-5-6-8-29(28)21-32)37-26-46(44-43-37)34-14-9-27(10-15-34)17-19-45-20-18-30-23-39(49-2)40(50-3)24-33(30)25-45/h5-16,21-24,26H,4,17-20,25H2,1-3H3,(H,42,48). The average molecular weight is 666 g/mol. The Morgan fingerprint density at radius 2 is 1.60 bits per heavy atom. The predicted molar refractivity (Wildman–Crippen MR) is 196 cm³/mol. The maximum Gasteiger partial charge on any atom is 0.255 e. The van der Waals surface area contributed by atoms with E-state index in [-0.39, 0.29) is 11.7 Å². The van der Waals surface area contributed by atoms with Gasteiger partial charge in [0.15, 0.2) is 17.3 Å². The number of aromatic nitrogens is 3. The van der Waals surface area contributed by atoms with Crippen molar-refractivity contribution in [3.8, 4) is 28.4 Å². The summed E-state index contributed by atoms with van der Waals surface area (Å²) in [5.74, 6) is 1.22. The average Bonchev–Trinajstić information content (AvgIpc) is 3.66. The number of nitrogens with one attached hydrogen (secondary N) is 1. The lowest BCUT2D eigenvalue weighted by atomic mass is 9.98. The summed E-state index contributed by atoms with van der Waals surface area (Å²) in [5.41, 5.74) is 7.54. The van der Waals surface area contributed by atoms with Crippen molar-refractivity contribution in [1.29, 1.82) is 0 Å². The highest BCUT2D eigenvalue weighted by molar-refractivity contribution is 6.11. The quantitative estimate of drug-likeness (QED) is 0.143. The van der Waals surface area contributed by atoms with Gasteiger partial charge in [-0.3, -0.25) is 14.5 Å². The molecule has 7 rings (SSSR count). The molecule has 0 fully saturated rings. The highest BCUT2D eigenvalue weighted by atomic mass is 16.5. The molecule has 9 nitrogen and oxygen atoms in total. The second kappa shape index (κ2) is 14.4. The number of rotatable bonds is 11. The normalized spacial score (nSPS) is 12.8. The Bertz CT molecular complexity index is 2190. The van der Waals surface area contributed by atoms with Gasteiger partial charge in [-0.2, -0.15) is 0 Å². The van der Waals surface area contributed by atoms with Crippen LogP contribution < -0.4 is 14.8 Å². The Balaban J connectivity index is 1.03. The van der Waals surface area contributed by atoms with Crippen molar-refractivity contribution in [2.75, 3.05) is 32.6 Å². The number of amides is 1. The summed E-state index contributed by atoms with van der Waals surface area (Å²) >= 11 is 0. The number of carbonyl (C=O) groups is 2. The zero-order chi connectivity index (χ0) is 34.6. The van der Waals surface area contributed by atoms with Gasteiger partial charge in [-0.1, -0.05) is 60.7 Å². The fourth-order valence-corrected chi connectivity index (χ4v) is 6.52. The molecule has 1 amide bonds. The minimum absolute atomic E-state index is 0.0555. The SMILES string of the molecule is CCC(=O)c1ccc(-c2cn(-c3ccc(CCN4CCc5cc(OC)c(OC)cc5C4)cc3)nn2)cc1NC(=O)c1ccc2ccccc2c1. The first-order valence-electron chi connectivity index (χ1n) is 16.9. The molecule has 50 heavy (non-hydrogen) atoms. The number of fused-ring (bicyclic) bond motifs is 2. The van der Waals surface area contributed by atoms with E-state index in [9.17, 15) is 9.59 Å². The van der Waals surface area contributed by atoms with Crippen LogP contribution in [-0.2, 0) is 19.4 Å². The van der Waals surface area contributed by atoms with Crippen molar-refractivity contribution in [3.63, 3.8) is 0 Å². The fourth-order valence-electron chi connectivity index (χ4n) is 6.52. The molecular formula is C41H39N5O4. The van der Waals surface area contributed by atoms with Crippen molar-refractivity contribution in [1.82, 2.24) is 19.9 Å². The zero-order valence-corrected chi connectivity index (χ0v) is 28.5. The van der Waals surface area contributed by atoms with Crippen LogP contribution in [0.25, 0.3) is 27.7 Å². The number of ether oxygens (including phenoxy) is 2. The molecular weight excluding hydrogens is 626 g/mol. The van der Waals surface area contributed by atoms with Gasteiger partial charge < -0.3 is 14.8 Å². The van der Waals surface area contributed by atoms with E-state index in [1.807, 2.05) is 55.6 Å². The maximum atomic E-state index is 13.4. The van der Waals surface area contributed by atoms with Gasteiger partial charge in [0, 0.05) is 42.7 Å². The van der Waals surface area contributed by atoms with Crippen molar-refractivity contribution in [3.05, 3.63) is 131 Å². The molecule has 1 N–H and O–H groups in total. The molecule has 1 aromatic heterocycles. The van der Waals surface area contributed by atoms with Crippen LogP contribution in [0.2, 0.25) is 0 Å². The van der Waals surface area contributed by atoms with Gasteiger partial charge in [-0.05, 0) is 88.8 Å². The second-order valence-corrected chi connectivity index (χ2v) is 12.5. The van der Waals surface area contributed by atoms with Gasteiger partial charge in [0.25, 0.3) is 5.91 Å². The minimum Gasteiger partial charge on any atom is -0.493 e. The van der Waals surface area contributed by atoms with Crippen molar-refractivity contribution < 1.29 is 19.1 Å². The molecule has 0 saturated carbocycles. The summed E-state index contributed by atoms with van der Waals surface area (Å²) in [7, 11) is 3.35. The number of ketones is 1. The first-order chi connectivity index (χ1) is 24.4. The van der Waals surface area contributed by atoms with Gasteiger partial charge in [-0.25, -0.2) is 4.68 Å². The van der Waals surface area contributed by atoms with Crippen LogP contribution in [0.3, 0.4) is 0 Å². The van der Waals surface area contributed by atoms with Crippen LogP contribution in [0.5, 0.6) is 11.5 Å². The molecule has 1 aliphatic rings. The van der Waals surface area contributed by atoms with Crippen LogP contribution in [0.15, 0.2) is 103 Å². The van der Waals surface area contributed by atoms with Gasteiger partial charge in [0.2, 0.25) is 0 Å². The van der Waals surface area contributed by atoms with Crippen molar-refractivity contribution in [2.45, 2.75) is 32.7 Å². The van der Waals surface area contributed by atoms with Crippen LogP contribution in [-0.4, -0.2) is 58.9 Å². The van der Waals surface area contributed by atoms with E-state index in [2.05, 4.69) is 56.9 Å². The lowest BCUT2D eigenvalue weighted by Gasteiger charge is -2.29. The smallest absolute Gasteiger partial charge is 0.255 e. The van der Waals surface area contributed by atoms with E-state index >= 15 is 0 Å². The summed E-state index contributed by atoms with van der Waals surface area (Å²) < 4.78 is 12.7. The number of benzene rings is 5. The molecule has 5 aromatic carbocycles. The molecule has 252 valence electrons. The molecule has 0 radical (unpaired) electrons. The van der Waals surface area contributed by atoms with Crippen LogP contribution >= 0.6 is 0 Å². The topological polar surface area (TPSA) is 98.6 Å². The molecule has 0 bridgehead atoms. The van der Waals surface area contributed by atoms with Gasteiger partial charge >= 0.3 is 0 Å². The van der Waals surface area contributed by atoms with E-state index in [0.717, 1.165) is 66.0 Å². The lowest BCUT2D eigenvalue weighted by molar-refractivity contribution is 0.0989. The molecule has 0 unspecified atom stereocenters. The number of nitrogens with zero attached hydrogens (tertiary/aromatic N) is 4.